The molecular formula is C13H23NO3. The minimum Gasteiger partial charge on any atom is -0.350 e. The van der Waals surface area contributed by atoms with Crippen LogP contribution in [0.1, 0.15) is 45.4 Å². The van der Waals surface area contributed by atoms with Gasteiger partial charge < -0.3 is 14.4 Å². The van der Waals surface area contributed by atoms with Crippen LogP contribution in [0.4, 0.5) is 0 Å². The van der Waals surface area contributed by atoms with E-state index in [1.807, 2.05) is 4.90 Å². The summed E-state index contributed by atoms with van der Waals surface area (Å²) in [7, 11) is 0. The van der Waals surface area contributed by atoms with E-state index in [-0.39, 0.29) is 11.7 Å². The maximum Gasteiger partial charge on any atom is 0.222 e. The normalized spacial score (nSPS) is 23.9. The van der Waals surface area contributed by atoms with Gasteiger partial charge in [0, 0.05) is 32.4 Å². The van der Waals surface area contributed by atoms with E-state index in [9.17, 15) is 4.79 Å². The number of nitrogens with zero attached hydrogens (tertiary/aromatic N) is 1. The lowest BCUT2D eigenvalue weighted by Crippen LogP contribution is -2.51. The zero-order valence-electron chi connectivity index (χ0n) is 10.7. The Bertz CT molecular complexity index is 251. The van der Waals surface area contributed by atoms with Gasteiger partial charge in [0.1, 0.15) is 0 Å². The van der Waals surface area contributed by atoms with Gasteiger partial charge in [-0.2, -0.15) is 0 Å². The van der Waals surface area contributed by atoms with Crippen molar-refractivity contribution in [2.45, 2.75) is 51.2 Å². The fraction of sp³-hybridized carbons (Fsp3) is 0.923. The fourth-order valence-corrected chi connectivity index (χ4v) is 2.49. The van der Waals surface area contributed by atoms with Crippen molar-refractivity contribution in [1.29, 1.82) is 0 Å². The van der Waals surface area contributed by atoms with Crippen LogP contribution in [-0.4, -0.2) is 42.9 Å². The lowest BCUT2D eigenvalue weighted by atomic mass is 10.0. The van der Waals surface area contributed by atoms with Crippen LogP contribution in [0.25, 0.3) is 0 Å². The molecule has 2 rings (SSSR count). The Morgan fingerprint density at radius 1 is 1.24 bits per heavy atom. The molecule has 0 aliphatic carbocycles. The van der Waals surface area contributed by atoms with Gasteiger partial charge in [-0.25, -0.2) is 0 Å². The number of carbonyl (C=O) groups is 1. The smallest absolute Gasteiger partial charge is 0.222 e. The van der Waals surface area contributed by atoms with Gasteiger partial charge in [0.15, 0.2) is 5.79 Å². The molecule has 2 saturated heterocycles. The van der Waals surface area contributed by atoms with Crippen molar-refractivity contribution in [3.63, 3.8) is 0 Å². The number of carbonyl (C=O) groups excluding carboxylic acids is 1. The molecule has 0 aromatic rings. The monoisotopic (exact) mass is 241 g/mol. The largest absolute Gasteiger partial charge is 0.350 e. The zero-order chi connectivity index (χ0) is 12.1. The molecule has 4 nitrogen and oxygen atoms in total. The molecule has 98 valence electrons. The predicted molar refractivity (Wildman–Crippen MR) is 64.6 cm³/mol. The fourth-order valence-electron chi connectivity index (χ4n) is 2.49. The van der Waals surface area contributed by atoms with Crippen molar-refractivity contribution in [2.75, 3.05) is 26.3 Å². The number of likely N-dealkylation sites (tertiary alicyclic amines) is 1. The van der Waals surface area contributed by atoms with Crippen LogP contribution in [0.2, 0.25) is 0 Å². The third kappa shape index (κ3) is 3.19. The minimum atomic E-state index is -0.375. The second-order valence-electron chi connectivity index (χ2n) is 4.95. The number of amides is 1. The molecule has 2 aliphatic rings. The quantitative estimate of drug-likeness (QED) is 0.758. The average Bonchev–Trinajstić information content (AvgIpc) is 2.38. The molecule has 0 unspecified atom stereocenters. The van der Waals surface area contributed by atoms with E-state index in [4.69, 9.17) is 9.47 Å². The first-order chi connectivity index (χ1) is 8.26. The second kappa shape index (κ2) is 5.83. The molecule has 2 fully saturated rings. The van der Waals surface area contributed by atoms with Crippen molar-refractivity contribution in [3.05, 3.63) is 0 Å². The molecular weight excluding hydrogens is 218 g/mol. The number of ether oxygens (including phenoxy) is 2. The molecule has 2 heterocycles. The topological polar surface area (TPSA) is 38.8 Å². The number of hydrogen-bond donors (Lipinski definition) is 0. The van der Waals surface area contributed by atoms with Gasteiger partial charge in [0.2, 0.25) is 5.91 Å². The summed E-state index contributed by atoms with van der Waals surface area (Å²) >= 11 is 0. The van der Waals surface area contributed by atoms with E-state index in [0.29, 0.717) is 6.42 Å². The summed E-state index contributed by atoms with van der Waals surface area (Å²) in [5, 5.41) is 0. The highest BCUT2D eigenvalue weighted by Gasteiger charge is 2.39. The molecule has 0 aromatic heterocycles. The van der Waals surface area contributed by atoms with E-state index >= 15 is 0 Å². The SMILES string of the molecule is CCCCC(=O)N1CCC2(CC1)OCCCO2. The molecule has 17 heavy (non-hydrogen) atoms. The molecule has 0 atom stereocenters. The Morgan fingerprint density at radius 2 is 1.88 bits per heavy atom. The van der Waals surface area contributed by atoms with Crippen molar-refractivity contribution < 1.29 is 14.3 Å². The molecule has 4 heteroatoms. The van der Waals surface area contributed by atoms with Gasteiger partial charge in [-0.1, -0.05) is 13.3 Å². The number of hydrogen-bond acceptors (Lipinski definition) is 3. The molecule has 0 saturated carbocycles. The standard InChI is InChI=1S/C13H23NO3/c1-2-3-5-12(15)14-8-6-13(7-9-14)16-10-4-11-17-13/h2-11H2,1H3. The lowest BCUT2D eigenvalue weighted by molar-refractivity contribution is -0.282. The minimum absolute atomic E-state index is 0.289. The first-order valence-corrected chi connectivity index (χ1v) is 6.81. The summed E-state index contributed by atoms with van der Waals surface area (Å²) in [6, 6.07) is 0. The number of piperidine rings is 1. The van der Waals surface area contributed by atoms with Gasteiger partial charge in [-0.05, 0) is 12.8 Å². The van der Waals surface area contributed by atoms with Gasteiger partial charge in [0.05, 0.1) is 13.2 Å². The Labute approximate surface area is 103 Å². The van der Waals surface area contributed by atoms with Gasteiger partial charge in [-0.15, -0.1) is 0 Å². The van der Waals surface area contributed by atoms with Crippen LogP contribution in [-0.2, 0) is 14.3 Å². The first-order valence-electron chi connectivity index (χ1n) is 6.81. The highest BCUT2D eigenvalue weighted by molar-refractivity contribution is 5.76. The van der Waals surface area contributed by atoms with Crippen LogP contribution in [0.15, 0.2) is 0 Å². The lowest BCUT2D eigenvalue weighted by Gasteiger charge is -2.43. The summed E-state index contributed by atoms with van der Waals surface area (Å²) < 4.78 is 11.5. The van der Waals surface area contributed by atoms with Gasteiger partial charge >= 0.3 is 0 Å². The van der Waals surface area contributed by atoms with E-state index in [2.05, 4.69) is 6.92 Å². The Hall–Kier alpha value is -0.610. The molecule has 2 aliphatic heterocycles. The van der Waals surface area contributed by atoms with Crippen LogP contribution in [0, 0.1) is 0 Å². The summed E-state index contributed by atoms with van der Waals surface area (Å²) in [5.41, 5.74) is 0. The Morgan fingerprint density at radius 3 is 2.47 bits per heavy atom. The Kier molecular flexibility index (Phi) is 4.40. The van der Waals surface area contributed by atoms with Gasteiger partial charge in [-0.3, -0.25) is 4.79 Å². The molecule has 0 N–H and O–H groups in total. The van der Waals surface area contributed by atoms with Crippen LogP contribution >= 0.6 is 0 Å². The summed E-state index contributed by atoms with van der Waals surface area (Å²) in [4.78, 5) is 13.8. The van der Waals surface area contributed by atoms with E-state index in [1.165, 1.54) is 0 Å². The van der Waals surface area contributed by atoms with Crippen molar-refractivity contribution in [2.24, 2.45) is 0 Å². The highest BCUT2D eigenvalue weighted by atomic mass is 16.7. The third-order valence-electron chi connectivity index (χ3n) is 3.64. The van der Waals surface area contributed by atoms with Crippen LogP contribution in [0.3, 0.4) is 0 Å². The summed E-state index contributed by atoms with van der Waals surface area (Å²) in [5.74, 6) is -0.0859. The molecule has 0 bridgehead atoms. The molecule has 0 aromatic carbocycles. The second-order valence-corrected chi connectivity index (χ2v) is 4.95. The maximum absolute atomic E-state index is 11.9. The van der Waals surface area contributed by atoms with Crippen LogP contribution in [0.5, 0.6) is 0 Å². The maximum atomic E-state index is 11.9. The predicted octanol–water partition coefficient (Wildman–Crippen LogP) is 1.93. The molecule has 1 amide bonds. The van der Waals surface area contributed by atoms with Crippen molar-refractivity contribution >= 4 is 5.91 Å². The van der Waals surface area contributed by atoms with Crippen molar-refractivity contribution in [1.82, 2.24) is 4.90 Å². The Balaban J connectivity index is 1.78. The van der Waals surface area contributed by atoms with Crippen molar-refractivity contribution in [3.8, 4) is 0 Å². The molecule has 1 spiro atoms. The third-order valence-corrected chi connectivity index (χ3v) is 3.64. The van der Waals surface area contributed by atoms with E-state index in [1.54, 1.807) is 0 Å². The summed E-state index contributed by atoms with van der Waals surface area (Å²) in [6.45, 7) is 5.26. The van der Waals surface area contributed by atoms with Crippen LogP contribution < -0.4 is 0 Å². The van der Waals surface area contributed by atoms with E-state index in [0.717, 1.165) is 58.4 Å². The zero-order valence-corrected chi connectivity index (χ0v) is 10.7. The average molecular weight is 241 g/mol. The molecule has 0 radical (unpaired) electrons. The summed E-state index contributed by atoms with van der Waals surface area (Å²) in [6.07, 6.45) is 5.39. The van der Waals surface area contributed by atoms with E-state index < -0.39 is 0 Å². The number of rotatable bonds is 3. The number of unbranched alkanes of at least 4 members (excludes halogenated alkanes) is 1. The first kappa shape index (κ1) is 12.8. The van der Waals surface area contributed by atoms with Gasteiger partial charge in [0.25, 0.3) is 0 Å². The highest BCUT2D eigenvalue weighted by Crippen LogP contribution is 2.30.